The number of ether oxygens (including phenoxy) is 3. The predicted molar refractivity (Wildman–Crippen MR) is 158 cm³/mol. The first-order valence-corrected chi connectivity index (χ1v) is 14.3. The Morgan fingerprint density at radius 1 is 1.02 bits per heavy atom. The number of carbonyl (C=O) groups excluding carboxylic acids is 1. The number of esters is 1. The summed E-state index contributed by atoms with van der Waals surface area (Å²) in [5.74, 6) is 1.12. The summed E-state index contributed by atoms with van der Waals surface area (Å²) < 4.78 is 23.5. The molecule has 1 N–H and O–H groups in total. The van der Waals surface area contributed by atoms with Gasteiger partial charge in [-0.15, -0.1) is 10.2 Å². The van der Waals surface area contributed by atoms with Crippen LogP contribution < -0.4 is 10.2 Å². The Kier molecular flexibility index (Phi) is 9.67. The Labute approximate surface area is 245 Å². The molecule has 4 heterocycles. The minimum absolute atomic E-state index is 0.0533. The van der Waals surface area contributed by atoms with Crippen LogP contribution in [0.15, 0.2) is 59.6 Å². The maximum absolute atomic E-state index is 11.7. The molecule has 0 saturated carbocycles. The number of furan rings is 1. The van der Waals surface area contributed by atoms with Gasteiger partial charge in [-0.3, -0.25) is 9.30 Å². The van der Waals surface area contributed by atoms with Crippen molar-refractivity contribution < 1.29 is 23.4 Å². The highest BCUT2D eigenvalue weighted by molar-refractivity contribution is 5.78. The van der Waals surface area contributed by atoms with E-state index in [2.05, 4.69) is 54.6 Å². The number of hydrogen-bond donors (Lipinski definition) is 1. The molecule has 0 atom stereocenters. The van der Waals surface area contributed by atoms with Crippen molar-refractivity contribution in [1.29, 1.82) is 0 Å². The van der Waals surface area contributed by atoms with E-state index in [0.717, 1.165) is 55.3 Å². The summed E-state index contributed by atoms with van der Waals surface area (Å²) in [5.41, 5.74) is 3.39. The lowest BCUT2D eigenvalue weighted by molar-refractivity contribution is -0.160. The smallest absolute Gasteiger partial charge is 0.332 e. The second-order valence-electron chi connectivity index (χ2n) is 11.1. The van der Waals surface area contributed by atoms with Gasteiger partial charge in [-0.05, 0) is 50.6 Å². The van der Waals surface area contributed by atoms with Crippen LogP contribution in [0.1, 0.15) is 26.5 Å². The van der Waals surface area contributed by atoms with Crippen LogP contribution in [0.4, 0.5) is 11.6 Å². The Morgan fingerprint density at radius 3 is 2.55 bits per heavy atom. The van der Waals surface area contributed by atoms with Crippen LogP contribution in [0, 0.1) is 0 Å². The maximum atomic E-state index is 11.7. The zero-order chi connectivity index (χ0) is 29.4. The molecule has 0 aliphatic carbocycles. The summed E-state index contributed by atoms with van der Waals surface area (Å²) in [6.45, 7) is 12.1. The molecular formula is C30H39N7O5. The highest BCUT2D eigenvalue weighted by Crippen LogP contribution is 2.27. The van der Waals surface area contributed by atoms with E-state index in [1.54, 1.807) is 12.6 Å². The molecule has 3 aromatic heterocycles. The summed E-state index contributed by atoms with van der Waals surface area (Å²) in [7, 11) is 0. The molecule has 224 valence electrons. The third-order valence-corrected chi connectivity index (χ3v) is 6.81. The van der Waals surface area contributed by atoms with Crippen LogP contribution >= 0.6 is 0 Å². The molecule has 0 unspecified atom stereocenters. The molecule has 0 amide bonds. The van der Waals surface area contributed by atoms with Gasteiger partial charge in [-0.2, -0.15) is 0 Å². The number of aromatic nitrogens is 4. The largest absolute Gasteiger partial charge is 0.467 e. The van der Waals surface area contributed by atoms with Crippen LogP contribution in [0.3, 0.4) is 0 Å². The van der Waals surface area contributed by atoms with E-state index in [-0.39, 0.29) is 12.6 Å². The topological polar surface area (TPSA) is 119 Å². The van der Waals surface area contributed by atoms with E-state index in [1.165, 1.54) is 5.69 Å². The van der Waals surface area contributed by atoms with Crippen LogP contribution in [0.25, 0.3) is 16.8 Å². The number of nitrogens with one attached hydrogen (secondary N) is 1. The van der Waals surface area contributed by atoms with Crippen molar-refractivity contribution in [2.75, 3.05) is 69.4 Å². The van der Waals surface area contributed by atoms with E-state index in [1.807, 2.05) is 43.5 Å². The van der Waals surface area contributed by atoms with Crippen molar-refractivity contribution >= 4 is 23.3 Å². The molecule has 1 aliphatic rings. The second-order valence-corrected chi connectivity index (χ2v) is 11.1. The van der Waals surface area contributed by atoms with Gasteiger partial charge in [0, 0.05) is 50.2 Å². The van der Waals surface area contributed by atoms with E-state index >= 15 is 0 Å². The molecule has 1 fully saturated rings. The first-order chi connectivity index (χ1) is 20.4. The third-order valence-electron chi connectivity index (χ3n) is 6.81. The fraction of sp³-hybridized carbons (Fsp3) is 0.467. The third kappa shape index (κ3) is 8.05. The second kappa shape index (κ2) is 13.8. The maximum Gasteiger partial charge on any atom is 0.332 e. The minimum Gasteiger partial charge on any atom is -0.467 e. The number of hydrogen-bond acceptors (Lipinski definition) is 11. The Hall–Kier alpha value is -4.00. The number of benzene rings is 1. The van der Waals surface area contributed by atoms with Crippen molar-refractivity contribution in [3.63, 3.8) is 0 Å². The first-order valence-electron chi connectivity index (χ1n) is 14.3. The van der Waals surface area contributed by atoms with Gasteiger partial charge < -0.3 is 28.8 Å². The van der Waals surface area contributed by atoms with E-state index < -0.39 is 5.60 Å². The lowest BCUT2D eigenvalue weighted by Crippen LogP contribution is -2.47. The molecule has 5 rings (SSSR count). The van der Waals surface area contributed by atoms with Crippen molar-refractivity contribution in [2.45, 2.75) is 32.9 Å². The van der Waals surface area contributed by atoms with E-state index in [0.29, 0.717) is 32.3 Å². The Balaban J connectivity index is 1.04. The molecule has 12 nitrogen and oxygen atoms in total. The highest BCUT2D eigenvalue weighted by Gasteiger charge is 2.18. The number of nitrogens with zero attached hydrogens (tertiary/aromatic N) is 6. The molecule has 1 aromatic carbocycles. The van der Waals surface area contributed by atoms with Crippen molar-refractivity contribution in [1.82, 2.24) is 24.5 Å². The number of anilines is 2. The fourth-order valence-corrected chi connectivity index (χ4v) is 4.75. The minimum atomic E-state index is -0.499. The number of rotatable bonds is 13. The van der Waals surface area contributed by atoms with Crippen molar-refractivity contribution in [3.05, 3.63) is 60.9 Å². The molecule has 42 heavy (non-hydrogen) atoms. The summed E-state index contributed by atoms with van der Waals surface area (Å²) in [6.07, 6.45) is 5.15. The molecule has 0 spiro atoms. The van der Waals surface area contributed by atoms with Crippen LogP contribution in [-0.2, 0) is 25.5 Å². The lowest BCUT2D eigenvalue weighted by atomic mass is 10.1. The molecule has 1 aliphatic heterocycles. The molecule has 0 bridgehead atoms. The zero-order valence-electron chi connectivity index (χ0n) is 24.5. The summed E-state index contributed by atoms with van der Waals surface area (Å²) in [6, 6.07) is 12.3. The average Bonchev–Trinajstić information content (AvgIpc) is 3.68. The molecule has 0 radical (unpaired) electrons. The van der Waals surface area contributed by atoms with Crippen LogP contribution in [0.5, 0.6) is 0 Å². The van der Waals surface area contributed by atoms with Gasteiger partial charge in [0.05, 0.1) is 32.6 Å². The Morgan fingerprint density at radius 2 is 1.81 bits per heavy atom. The Bertz CT molecular complexity index is 1410. The zero-order valence-corrected chi connectivity index (χ0v) is 24.5. The quantitative estimate of drug-likeness (QED) is 0.186. The van der Waals surface area contributed by atoms with Gasteiger partial charge in [-0.25, -0.2) is 9.78 Å². The predicted octanol–water partition coefficient (Wildman–Crippen LogP) is 3.49. The summed E-state index contributed by atoms with van der Waals surface area (Å²) >= 11 is 0. The van der Waals surface area contributed by atoms with Crippen LogP contribution in [0.2, 0.25) is 0 Å². The van der Waals surface area contributed by atoms with Gasteiger partial charge in [0.15, 0.2) is 5.65 Å². The fourth-order valence-electron chi connectivity index (χ4n) is 4.75. The van der Waals surface area contributed by atoms with Crippen LogP contribution in [-0.4, -0.2) is 95.2 Å². The SMILES string of the molecule is CC(C)(C)OC(=O)COCCOCCN1CCN(c2ccc(-c3cnc(NCc4ccco4)n4cnnc34)cc2)CC1. The number of piperazine rings is 1. The van der Waals surface area contributed by atoms with Crippen molar-refractivity contribution in [2.24, 2.45) is 0 Å². The number of carbonyl (C=O) groups is 1. The van der Waals surface area contributed by atoms with Crippen molar-refractivity contribution in [3.8, 4) is 11.1 Å². The molecule has 12 heteroatoms. The number of fused-ring (bicyclic) bond motifs is 1. The first kappa shape index (κ1) is 29.5. The monoisotopic (exact) mass is 577 g/mol. The standard InChI is InChI=1S/C30H39N7O5/c1-30(2,3)42-27(38)21-40-18-17-39-16-14-35-10-12-36(13-11-35)24-8-6-23(7-9-24)26-20-32-29(37-22-33-34-28(26)37)31-19-25-5-4-15-41-25/h4-9,15,20,22H,10-14,16-19,21H2,1-3H3,(H,31,32). The van der Waals surface area contributed by atoms with E-state index in [4.69, 9.17) is 18.6 Å². The van der Waals surface area contributed by atoms with Gasteiger partial charge in [-0.1, -0.05) is 12.1 Å². The van der Waals surface area contributed by atoms with Gasteiger partial charge in [0.2, 0.25) is 5.95 Å². The highest BCUT2D eigenvalue weighted by atomic mass is 16.6. The van der Waals surface area contributed by atoms with Gasteiger partial charge >= 0.3 is 5.97 Å². The van der Waals surface area contributed by atoms with Gasteiger partial charge in [0.25, 0.3) is 0 Å². The summed E-state index contributed by atoms with van der Waals surface area (Å²) in [5, 5.41) is 11.7. The molecule has 1 saturated heterocycles. The van der Waals surface area contributed by atoms with Gasteiger partial charge in [0.1, 0.15) is 24.3 Å². The molecular weight excluding hydrogens is 538 g/mol. The van der Waals surface area contributed by atoms with E-state index in [9.17, 15) is 4.79 Å². The average molecular weight is 578 g/mol. The normalized spacial score (nSPS) is 14.4. The summed E-state index contributed by atoms with van der Waals surface area (Å²) in [4.78, 5) is 21.1. The molecule has 4 aromatic rings. The lowest BCUT2D eigenvalue weighted by Gasteiger charge is -2.36.